The van der Waals surface area contributed by atoms with E-state index in [0.29, 0.717) is 0 Å². The van der Waals surface area contributed by atoms with Gasteiger partial charge in [-0.1, -0.05) is 19.4 Å². The molecular weight excluding hydrogens is 359 g/mol. The van der Waals surface area contributed by atoms with Gasteiger partial charge in [-0.15, -0.1) is 0 Å². The summed E-state index contributed by atoms with van der Waals surface area (Å²) in [5, 5.41) is 4.04. The van der Waals surface area contributed by atoms with Crippen molar-refractivity contribution >= 4 is 45.6 Å². The molecule has 0 saturated carbocycles. The van der Waals surface area contributed by atoms with Gasteiger partial charge in [-0.2, -0.15) is 0 Å². The summed E-state index contributed by atoms with van der Waals surface area (Å²) in [6.45, 7) is 3.80. The van der Waals surface area contributed by atoms with Crippen LogP contribution < -0.4 is 5.32 Å². The van der Waals surface area contributed by atoms with Crippen LogP contribution >= 0.6 is 34.8 Å². The van der Waals surface area contributed by atoms with Crippen LogP contribution in [0.15, 0.2) is 24.3 Å². The van der Waals surface area contributed by atoms with E-state index in [0.717, 1.165) is 36.8 Å². The van der Waals surface area contributed by atoms with Crippen LogP contribution in [0, 0.1) is 3.57 Å². The highest BCUT2D eigenvalue weighted by Gasteiger charge is 2.26. The first-order chi connectivity index (χ1) is 8.70. The van der Waals surface area contributed by atoms with E-state index in [4.69, 9.17) is 17.0 Å². The SMILES string of the molecule is CCCC1OCCN1C(=S)Nc1cccc(I)c1. The van der Waals surface area contributed by atoms with Gasteiger partial charge in [0.1, 0.15) is 6.23 Å². The highest BCUT2D eigenvalue weighted by atomic mass is 127. The van der Waals surface area contributed by atoms with Crippen molar-refractivity contribution in [3.63, 3.8) is 0 Å². The number of nitrogens with one attached hydrogen (secondary N) is 1. The van der Waals surface area contributed by atoms with Crippen molar-refractivity contribution in [1.29, 1.82) is 0 Å². The lowest BCUT2D eigenvalue weighted by molar-refractivity contribution is 0.0569. The minimum Gasteiger partial charge on any atom is -0.356 e. The Balaban J connectivity index is 1.99. The molecule has 1 N–H and O–H groups in total. The average molecular weight is 376 g/mol. The number of ether oxygens (including phenoxy) is 1. The van der Waals surface area contributed by atoms with Crippen LogP contribution in [-0.4, -0.2) is 29.4 Å². The molecule has 18 heavy (non-hydrogen) atoms. The Morgan fingerprint density at radius 2 is 2.44 bits per heavy atom. The molecule has 0 radical (unpaired) electrons. The lowest BCUT2D eigenvalue weighted by Crippen LogP contribution is -2.39. The molecule has 2 rings (SSSR count). The Morgan fingerprint density at radius 1 is 1.61 bits per heavy atom. The van der Waals surface area contributed by atoms with Crippen molar-refractivity contribution in [2.45, 2.75) is 26.0 Å². The van der Waals surface area contributed by atoms with Crippen LogP contribution in [0.5, 0.6) is 0 Å². The van der Waals surface area contributed by atoms with Gasteiger partial charge in [-0.25, -0.2) is 0 Å². The van der Waals surface area contributed by atoms with Gasteiger partial charge in [0.25, 0.3) is 0 Å². The summed E-state index contributed by atoms with van der Waals surface area (Å²) in [6.07, 6.45) is 2.26. The second-order valence-corrected chi connectivity index (χ2v) is 5.88. The molecule has 1 fully saturated rings. The number of nitrogens with zero attached hydrogens (tertiary/aromatic N) is 1. The number of hydrogen-bond donors (Lipinski definition) is 1. The molecule has 1 aromatic rings. The summed E-state index contributed by atoms with van der Waals surface area (Å²) < 4.78 is 6.88. The lowest BCUT2D eigenvalue weighted by atomic mass is 10.3. The van der Waals surface area contributed by atoms with Crippen LogP contribution in [0.4, 0.5) is 5.69 Å². The molecule has 0 aromatic heterocycles. The van der Waals surface area contributed by atoms with E-state index >= 15 is 0 Å². The number of thiocarbonyl (C=S) groups is 1. The Hall–Kier alpha value is -0.400. The zero-order chi connectivity index (χ0) is 13.0. The molecule has 98 valence electrons. The third kappa shape index (κ3) is 3.55. The van der Waals surface area contributed by atoms with Crippen LogP contribution in [-0.2, 0) is 4.74 Å². The van der Waals surface area contributed by atoms with Gasteiger partial charge in [-0.3, -0.25) is 0 Å². The molecule has 0 bridgehead atoms. The molecule has 1 aliphatic rings. The minimum absolute atomic E-state index is 0.137. The van der Waals surface area contributed by atoms with E-state index in [9.17, 15) is 0 Å². The zero-order valence-corrected chi connectivity index (χ0v) is 13.3. The maximum atomic E-state index is 5.69. The van der Waals surface area contributed by atoms with E-state index in [-0.39, 0.29) is 6.23 Å². The molecule has 1 aromatic carbocycles. The fraction of sp³-hybridized carbons (Fsp3) is 0.462. The molecule has 1 heterocycles. The molecule has 3 nitrogen and oxygen atoms in total. The van der Waals surface area contributed by atoms with E-state index in [2.05, 4.69) is 51.9 Å². The van der Waals surface area contributed by atoms with E-state index in [1.807, 2.05) is 12.1 Å². The van der Waals surface area contributed by atoms with Crippen LogP contribution in [0.3, 0.4) is 0 Å². The Morgan fingerprint density at radius 3 is 3.17 bits per heavy atom. The van der Waals surface area contributed by atoms with Crippen molar-refractivity contribution in [3.05, 3.63) is 27.8 Å². The third-order valence-electron chi connectivity index (χ3n) is 2.86. The lowest BCUT2D eigenvalue weighted by Gasteiger charge is -2.25. The molecule has 0 spiro atoms. The molecule has 1 atom stereocenters. The van der Waals surface area contributed by atoms with Gasteiger partial charge in [0.15, 0.2) is 5.11 Å². The highest BCUT2D eigenvalue weighted by molar-refractivity contribution is 14.1. The van der Waals surface area contributed by atoms with Crippen molar-refractivity contribution in [2.24, 2.45) is 0 Å². The largest absolute Gasteiger partial charge is 0.356 e. The molecule has 1 unspecified atom stereocenters. The van der Waals surface area contributed by atoms with E-state index < -0.39 is 0 Å². The first-order valence-corrected chi connectivity index (χ1v) is 7.64. The topological polar surface area (TPSA) is 24.5 Å². The Bertz CT molecular complexity index is 427. The molecule has 0 amide bonds. The van der Waals surface area contributed by atoms with Crippen LogP contribution in [0.25, 0.3) is 0 Å². The summed E-state index contributed by atoms with van der Waals surface area (Å²) in [7, 11) is 0. The number of benzene rings is 1. The fourth-order valence-corrected chi connectivity index (χ4v) is 2.87. The second-order valence-electron chi connectivity index (χ2n) is 4.25. The maximum absolute atomic E-state index is 5.69. The Labute approximate surface area is 127 Å². The van der Waals surface area contributed by atoms with Gasteiger partial charge in [-0.05, 0) is 59.4 Å². The average Bonchev–Trinajstić information content (AvgIpc) is 2.78. The summed E-state index contributed by atoms with van der Waals surface area (Å²) in [6, 6.07) is 8.20. The van der Waals surface area contributed by atoms with Gasteiger partial charge < -0.3 is 15.0 Å². The predicted octanol–water partition coefficient (Wildman–Crippen LogP) is 3.45. The first-order valence-electron chi connectivity index (χ1n) is 6.15. The normalized spacial score (nSPS) is 19.0. The zero-order valence-electron chi connectivity index (χ0n) is 10.4. The monoisotopic (exact) mass is 376 g/mol. The smallest absolute Gasteiger partial charge is 0.175 e. The number of halogens is 1. The first kappa shape index (κ1) is 14.0. The molecule has 5 heteroatoms. The van der Waals surface area contributed by atoms with Crippen LogP contribution in [0.2, 0.25) is 0 Å². The van der Waals surface area contributed by atoms with Gasteiger partial charge in [0, 0.05) is 15.8 Å². The van der Waals surface area contributed by atoms with Gasteiger partial charge in [0.05, 0.1) is 6.61 Å². The second kappa shape index (κ2) is 6.68. The molecule has 1 aliphatic heterocycles. The number of hydrogen-bond acceptors (Lipinski definition) is 2. The minimum atomic E-state index is 0.137. The quantitative estimate of drug-likeness (QED) is 0.645. The summed E-state index contributed by atoms with van der Waals surface area (Å²) in [5.41, 5.74) is 1.04. The molecule has 1 saturated heterocycles. The fourth-order valence-electron chi connectivity index (χ4n) is 2.00. The van der Waals surface area contributed by atoms with Crippen molar-refractivity contribution in [3.8, 4) is 0 Å². The van der Waals surface area contributed by atoms with Crippen molar-refractivity contribution in [2.75, 3.05) is 18.5 Å². The van der Waals surface area contributed by atoms with Gasteiger partial charge in [0.2, 0.25) is 0 Å². The number of rotatable bonds is 3. The third-order valence-corrected chi connectivity index (χ3v) is 3.87. The highest BCUT2D eigenvalue weighted by Crippen LogP contribution is 2.18. The van der Waals surface area contributed by atoms with Gasteiger partial charge >= 0.3 is 0 Å². The van der Waals surface area contributed by atoms with E-state index in [1.54, 1.807) is 0 Å². The standard InChI is InChI=1S/C13H17IN2OS/c1-2-4-12-16(7-8-17-12)13(18)15-11-6-3-5-10(14)9-11/h3,5-6,9,12H,2,4,7-8H2,1H3,(H,15,18). The number of anilines is 1. The van der Waals surface area contributed by atoms with Crippen molar-refractivity contribution in [1.82, 2.24) is 4.90 Å². The van der Waals surface area contributed by atoms with Crippen molar-refractivity contribution < 1.29 is 4.74 Å². The Kier molecular flexibility index (Phi) is 5.20. The summed E-state index contributed by atoms with van der Waals surface area (Å²) in [4.78, 5) is 2.14. The van der Waals surface area contributed by atoms with E-state index in [1.165, 1.54) is 3.57 Å². The summed E-state index contributed by atoms with van der Waals surface area (Å²) in [5.74, 6) is 0. The maximum Gasteiger partial charge on any atom is 0.175 e. The summed E-state index contributed by atoms with van der Waals surface area (Å²) >= 11 is 7.76. The predicted molar refractivity (Wildman–Crippen MR) is 86.7 cm³/mol. The molecular formula is C13H17IN2OS. The molecule has 0 aliphatic carbocycles. The van der Waals surface area contributed by atoms with Crippen LogP contribution in [0.1, 0.15) is 19.8 Å².